The van der Waals surface area contributed by atoms with E-state index in [0.717, 1.165) is 37.4 Å². The van der Waals surface area contributed by atoms with Crippen molar-refractivity contribution in [2.45, 2.75) is 32.2 Å². The second-order valence-electron chi connectivity index (χ2n) is 6.18. The highest BCUT2D eigenvalue weighted by Gasteiger charge is 2.27. The maximum Gasteiger partial charge on any atom is 0.228 e. The van der Waals surface area contributed by atoms with E-state index in [0.29, 0.717) is 17.6 Å². The average Bonchev–Trinajstić information content (AvgIpc) is 2.69. The molecule has 0 saturated carbocycles. The van der Waals surface area contributed by atoms with Gasteiger partial charge >= 0.3 is 0 Å². The Bertz CT molecular complexity index is 856. The van der Waals surface area contributed by atoms with Gasteiger partial charge in [0.1, 0.15) is 11.6 Å². The number of rotatable bonds is 4. The van der Waals surface area contributed by atoms with Crippen molar-refractivity contribution in [2.75, 3.05) is 16.8 Å². The number of aryl methyl sites for hydroxylation is 1. The maximum absolute atomic E-state index is 4.69. The third-order valence-electron chi connectivity index (χ3n) is 4.32. The Kier molecular flexibility index (Phi) is 4.63. The zero-order valence-corrected chi connectivity index (χ0v) is 14.6. The summed E-state index contributed by atoms with van der Waals surface area (Å²) in [5, 5.41) is 3.16. The predicted molar refractivity (Wildman–Crippen MR) is 98.1 cm³/mol. The number of nitrogens with zero attached hydrogens (tertiary/aromatic N) is 7. The fourth-order valence-electron chi connectivity index (χ4n) is 3.22. The molecule has 1 aliphatic heterocycles. The zero-order valence-electron chi connectivity index (χ0n) is 14.6. The van der Waals surface area contributed by atoms with Gasteiger partial charge in [-0.05, 0) is 38.3 Å². The van der Waals surface area contributed by atoms with Crippen molar-refractivity contribution < 1.29 is 0 Å². The Morgan fingerprint density at radius 1 is 0.962 bits per heavy atom. The van der Waals surface area contributed by atoms with Crippen LogP contribution >= 0.6 is 0 Å². The summed E-state index contributed by atoms with van der Waals surface area (Å²) >= 11 is 0. The topological polar surface area (TPSA) is 92.6 Å². The van der Waals surface area contributed by atoms with Crippen molar-refractivity contribution in [3.8, 4) is 0 Å². The van der Waals surface area contributed by atoms with Crippen LogP contribution in [0.15, 0.2) is 43.0 Å². The molecule has 1 unspecified atom stereocenters. The first-order valence-electron chi connectivity index (χ1n) is 8.73. The molecule has 3 aromatic rings. The van der Waals surface area contributed by atoms with Gasteiger partial charge in [-0.25, -0.2) is 29.9 Å². The summed E-state index contributed by atoms with van der Waals surface area (Å²) < 4.78 is 0. The monoisotopic (exact) mass is 348 g/mol. The molecule has 1 atom stereocenters. The number of piperidine rings is 1. The lowest BCUT2D eigenvalue weighted by molar-refractivity contribution is 0.457. The highest BCUT2D eigenvalue weighted by molar-refractivity contribution is 5.49. The Morgan fingerprint density at radius 3 is 2.46 bits per heavy atom. The smallest absolute Gasteiger partial charge is 0.228 e. The summed E-state index contributed by atoms with van der Waals surface area (Å²) in [6.07, 6.45) is 10.2. The third-order valence-corrected chi connectivity index (χ3v) is 4.32. The number of hydrogen-bond donors (Lipinski definition) is 1. The van der Waals surface area contributed by atoms with Gasteiger partial charge in [-0.3, -0.25) is 0 Å². The number of nitrogens with one attached hydrogen (secondary N) is 1. The van der Waals surface area contributed by atoms with E-state index >= 15 is 0 Å². The molecule has 0 amide bonds. The van der Waals surface area contributed by atoms with Gasteiger partial charge in [-0.2, -0.15) is 0 Å². The summed E-state index contributed by atoms with van der Waals surface area (Å²) in [5.74, 6) is 2.66. The molecular formula is C18H20N8. The van der Waals surface area contributed by atoms with Gasteiger partial charge in [0.2, 0.25) is 11.9 Å². The molecule has 1 fully saturated rings. The van der Waals surface area contributed by atoms with E-state index in [9.17, 15) is 0 Å². The average molecular weight is 348 g/mol. The van der Waals surface area contributed by atoms with Crippen LogP contribution in [0.1, 0.15) is 36.8 Å². The highest BCUT2D eigenvalue weighted by Crippen LogP contribution is 2.33. The predicted octanol–water partition coefficient (Wildman–Crippen LogP) is 2.84. The van der Waals surface area contributed by atoms with Gasteiger partial charge < -0.3 is 10.2 Å². The van der Waals surface area contributed by atoms with E-state index in [-0.39, 0.29) is 6.04 Å². The molecule has 1 aliphatic rings. The van der Waals surface area contributed by atoms with Gasteiger partial charge in [0.05, 0.1) is 11.7 Å². The molecule has 3 aromatic heterocycles. The molecule has 1 N–H and O–H groups in total. The Morgan fingerprint density at radius 2 is 1.69 bits per heavy atom. The van der Waals surface area contributed by atoms with Crippen molar-refractivity contribution in [3.63, 3.8) is 0 Å². The summed E-state index contributed by atoms with van der Waals surface area (Å²) in [7, 11) is 0. The first-order chi connectivity index (χ1) is 12.8. The fraction of sp³-hybridized carbons (Fsp3) is 0.333. The van der Waals surface area contributed by atoms with E-state index in [1.165, 1.54) is 0 Å². The van der Waals surface area contributed by atoms with Gasteiger partial charge in [-0.15, -0.1) is 0 Å². The lowest BCUT2D eigenvalue weighted by atomic mass is 9.99. The minimum absolute atomic E-state index is 0.130. The van der Waals surface area contributed by atoms with Gasteiger partial charge in [0, 0.05) is 37.4 Å². The lowest BCUT2D eigenvalue weighted by Gasteiger charge is -2.35. The second-order valence-corrected chi connectivity index (χ2v) is 6.18. The molecular weight excluding hydrogens is 328 g/mol. The normalized spacial score (nSPS) is 17.1. The van der Waals surface area contributed by atoms with Crippen LogP contribution in [0.2, 0.25) is 0 Å². The number of aromatic nitrogens is 6. The molecule has 0 bridgehead atoms. The highest BCUT2D eigenvalue weighted by atomic mass is 15.3. The molecule has 0 aromatic carbocycles. The molecule has 4 heterocycles. The maximum atomic E-state index is 4.69. The van der Waals surface area contributed by atoms with Gasteiger partial charge in [0.15, 0.2) is 0 Å². The van der Waals surface area contributed by atoms with E-state index in [1.807, 2.05) is 19.1 Å². The lowest BCUT2D eigenvalue weighted by Crippen LogP contribution is -2.35. The van der Waals surface area contributed by atoms with Crippen LogP contribution in [0, 0.1) is 6.92 Å². The van der Waals surface area contributed by atoms with E-state index in [2.05, 4.69) is 40.1 Å². The summed E-state index contributed by atoms with van der Waals surface area (Å²) in [6, 6.07) is 5.71. The third kappa shape index (κ3) is 3.58. The van der Waals surface area contributed by atoms with Crippen LogP contribution in [-0.4, -0.2) is 36.4 Å². The molecule has 1 saturated heterocycles. The molecule has 0 aliphatic carbocycles. The van der Waals surface area contributed by atoms with Crippen LogP contribution in [0.3, 0.4) is 0 Å². The van der Waals surface area contributed by atoms with Crippen LogP contribution in [-0.2, 0) is 0 Å². The Labute approximate surface area is 151 Å². The van der Waals surface area contributed by atoms with Crippen molar-refractivity contribution in [2.24, 2.45) is 0 Å². The zero-order chi connectivity index (χ0) is 17.8. The van der Waals surface area contributed by atoms with Gasteiger partial charge in [-0.1, -0.05) is 0 Å². The molecule has 8 nitrogen and oxygen atoms in total. The van der Waals surface area contributed by atoms with E-state index < -0.39 is 0 Å². The number of hydrogen-bond acceptors (Lipinski definition) is 8. The van der Waals surface area contributed by atoms with Gasteiger partial charge in [0.25, 0.3) is 0 Å². The fourth-order valence-corrected chi connectivity index (χ4v) is 3.22. The van der Waals surface area contributed by atoms with Crippen molar-refractivity contribution in [1.82, 2.24) is 29.9 Å². The molecule has 0 spiro atoms. The SMILES string of the molecule is Cc1nc(Nc2ncccn2)cc(C2CCCCN2c2ncccn2)n1. The minimum atomic E-state index is 0.130. The number of anilines is 3. The first kappa shape index (κ1) is 16.3. The quantitative estimate of drug-likeness (QED) is 0.769. The van der Waals surface area contributed by atoms with Crippen LogP contribution in [0.25, 0.3) is 0 Å². The van der Waals surface area contributed by atoms with Crippen molar-refractivity contribution in [1.29, 1.82) is 0 Å². The second kappa shape index (κ2) is 7.38. The standard InChI is InChI=1S/C18H20N8/c1-13-23-14(12-16(24-13)25-17-19-7-4-8-20-17)15-6-2-3-11-26(15)18-21-9-5-10-22-18/h4-5,7-10,12,15H,2-3,6,11H2,1H3,(H,19,20,23,24,25). The summed E-state index contributed by atoms with van der Waals surface area (Å²) in [4.78, 5) is 28.6. The van der Waals surface area contributed by atoms with Crippen LogP contribution in [0.5, 0.6) is 0 Å². The van der Waals surface area contributed by atoms with Crippen molar-refractivity contribution >= 4 is 17.7 Å². The largest absolute Gasteiger partial charge is 0.332 e. The van der Waals surface area contributed by atoms with Crippen LogP contribution in [0.4, 0.5) is 17.7 Å². The summed E-state index contributed by atoms with van der Waals surface area (Å²) in [6.45, 7) is 2.81. The summed E-state index contributed by atoms with van der Waals surface area (Å²) in [5.41, 5.74) is 0.961. The molecule has 26 heavy (non-hydrogen) atoms. The molecule has 8 heteroatoms. The van der Waals surface area contributed by atoms with E-state index in [4.69, 9.17) is 0 Å². The first-order valence-corrected chi connectivity index (χ1v) is 8.73. The molecule has 0 radical (unpaired) electrons. The van der Waals surface area contributed by atoms with E-state index in [1.54, 1.807) is 30.9 Å². The molecule has 4 rings (SSSR count). The minimum Gasteiger partial charge on any atom is -0.332 e. The van der Waals surface area contributed by atoms with Crippen LogP contribution < -0.4 is 10.2 Å². The molecule has 132 valence electrons. The Balaban J connectivity index is 1.65. The van der Waals surface area contributed by atoms with Crippen molar-refractivity contribution in [3.05, 3.63) is 54.5 Å². The Hall–Kier alpha value is -3.16.